The summed E-state index contributed by atoms with van der Waals surface area (Å²) >= 11 is 0.910. The summed E-state index contributed by atoms with van der Waals surface area (Å²) in [7, 11) is 0. The van der Waals surface area contributed by atoms with E-state index >= 15 is 0 Å². The molecule has 24 heavy (non-hydrogen) atoms. The highest BCUT2D eigenvalue weighted by atomic mass is 32.1. The van der Waals surface area contributed by atoms with E-state index in [9.17, 15) is 19.8 Å². The molecule has 0 saturated heterocycles. The second kappa shape index (κ2) is 8.39. The molecular weight excluding hydrogens is 336 g/mol. The minimum atomic E-state index is -1.47. The number of carbonyl (C=O) groups excluding carboxylic acids is 1. The van der Waals surface area contributed by atoms with Gasteiger partial charge in [-0.05, 0) is 5.56 Å². The Balaban J connectivity index is 1.81. The quantitative estimate of drug-likeness (QED) is 0.588. The normalized spacial score (nSPS) is 13.1. The zero-order valence-electron chi connectivity index (χ0n) is 12.5. The third-order valence-corrected chi connectivity index (χ3v) is 4.00. The van der Waals surface area contributed by atoms with Crippen LogP contribution in [0.5, 0.6) is 0 Å². The Morgan fingerprint density at radius 1 is 1.25 bits per heavy atom. The van der Waals surface area contributed by atoms with Crippen LogP contribution in [0.3, 0.4) is 0 Å². The monoisotopic (exact) mass is 352 g/mol. The van der Waals surface area contributed by atoms with Crippen molar-refractivity contribution < 1.29 is 29.6 Å². The Bertz CT molecular complexity index is 690. The topological polar surface area (TPSA) is 129 Å². The van der Waals surface area contributed by atoms with Crippen molar-refractivity contribution in [3.8, 4) is 0 Å². The third kappa shape index (κ3) is 4.75. The molecule has 8 nitrogen and oxygen atoms in total. The number of hydrogen-bond donors (Lipinski definition) is 4. The van der Waals surface area contributed by atoms with Gasteiger partial charge in [0.05, 0.1) is 10.4 Å². The molecule has 1 aromatic heterocycles. The van der Waals surface area contributed by atoms with Gasteiger partial charge >= 0.3 is 12.1 Å². The van der Waals surface area contributed by atoms with Crippen molar-refractivity contribution in [2.24, 2.45) is 0 Å². The Hall–Kier alpha value is -2.49. The summed E-state index contributed by atoms with van der Waals surface area (Å²) in [6.07, 6.45) is -3.63. The second-order valence-corrected chi connectivity index (χ2v) is 5.71. The molecule has 0 spiro atoms. The molecule has 2 atom stereocenters. The van der Waals surface area contributed by atoms with Crippen molar-refractivity contribution in [3.05, 3.63) is 52.0 Å². The molecule has 4 N–H and O–H groups in total. The van der Waals surface area contributed by atoms with Gasteiger partial charge in [0.1, 0.15) is 18.8 Å². The SMILES string of the molecule is O=C(NCC(O)C(O)c1scnc1C(=O)O)OCc1ccccc1. The van der Waals surface area contributed by atoms with Gasteiger partial charge in [-0.2, -0.15) is 0 Å². The van der Waals surface area contributed by atoms with Crippen LogP contribution in [-0.4, -0.2) is 45.0 Å². The van der Waals surface area contributed by atoms with Crippen molar-refractivity contribution in [1.29, 1.82) is 0 Å². The molecule has 1 heterocycles. The highest BCUT2D eigenvalue weighted by molar-refractivity contribution is 7.10. The van der Waals surface area contributed by atoms with Crippen LogP contribution in [-0.2, 0) is 11.3 Å². The lowest BCUT2D eigenvalue weighted by molar-refractivity contribution is 0.0193. The van der Waals surface area contributed by atoms with E-state index in [0.29, 0.717) is 0 Å². The van der Waals surface area contributed by atoms with E-state index in [2.05, 4.69) is 10.3 Å². The number of benzene rings is 1. The Morgan fingerprint density at radius 3 is 2.62 bits per heavy atom. The van der Waals surface area contributed by atoms with E-state index in [1.54, 1.807) is 12.1 Å². The molecule has 0 bridgehead atoms. The van der Waals surface area contributed by atoms with Crippen molar-refractivity contribution in [1.82, 2.24) is 10.3 Å². The predicted molar refractivity (Wildman–Crippen MR) is 84.7 cm³/mol. The summed E-state index contributed by atoms with van der Waals surface area (Å²) in [6.45, 7) is -0.227. The highest BCUT2D eigenvalue weighted by Gasteiger charge is 2.26. The number of amides is 1. The number of nitrogens with one attached hydrogen (secondary N) is 1. The number of carboxylic acids is 1. The van der Waals surface area contributed by atoms with Gasteiger partial charge in [0, 0.05) is 6.54 Å². The van der Waals surface area contributed by atoms with Crippen LogP contribution in [0.15, 0.2) is 35.8 Å². The van der Waals surface area contributed by atoms with Crippen molar-refractivity contribution in [3.63, 3.8) is 0 Å². The molecule has 2 aromatic rings. The molecule has 2 rings (SSSR count). The van der Waals surface area contributed by atoms with Gasteiger partial charge in [-0.25, -0.2) is 14.6 Å². The van der Waals surface area contributed by atoms with Gasteiger partial charge in [-0.15, -0.1) is 11.3 Å². The Labute approximate surface area is 141 Å². The van der Waals surface area contributed by atoms with E-state index in [-0.39, 0.29) is 23.7 Å². The van der Waals surface area contributed by atoms with Crippen LogP contribution in [0, 0.1) is 0 Å². The summed E-state index contributed by atoms with van der Waals surface area (Å²) in [5.41, 5.74) is 1.75. The summed E-state index contributed by atoms with van der Waals surface area (Å²) in [5, 5.41) is 31.1. The molecule has 9 heteroatoms. The molecule has 0 fully saturated rings. The first-order valence-corrected chi connectivity index (χ1v) is 7.84. The molecule has 128 valence electrons. The van der Waals surface area contributed by atoms with E-state index in [0.717, 1.165) is 16.9 Å². The number of hydrogen-bond acceptors (Lipinski definition) is 7. The van der Waals surface area contributed by atoms with E-state index in [4.69, 9.17) is 9.84 Å². The molecule has 0 aliphatic rings. The fourth-order valence-corrected chi connectivity index (χ4v) is 2.69. The van der Waals surface area contributed by atoms with Gasteiger partial charge in [-0.3, -0.25) is 0 Å². The number of thiazole rings is 1. The number of aliphatic hydroxyl groups excluding tert-OH is 2. The molecule has 2 unspecified atom stereocenters. The number of carbonyl (C=O) groups is 2. The number of aromatic nitrogens is 1. The first kappa shape index (κ1) is 17.9. The molecule has 1 amide bonds. The molecular formula is C15H16N2O6S. The van der Waals surface area contributed by atoms with Gasteiger partial charge in [0.2, 0.25) is 0 Å². The number of rotatable bonds is 7. The van der Waals surface area contributed by atoms with Crippen LogP contribution < -0.4 is 5.32 Å². The maximum Gasteiger partial charge on any atom is 0.407 e. The second-order valence-electron chi connectivity index (χ2n) is 4.83. The Kier molecular flexibility index (Phi) is 6.24. The smallest absolute Gasteiger partial charge is 0.407 e. The summed E-state index contributed by atoms with van der Waals surface area (Å²) < 4.78 is 4.96. The van der Waals surface area contributed by atoms with E-state index < -0.39 is 24.3 Å². The van der Waals surface area contributed by atoms with Gasteiger partial charge in [0.15, 0.2) is 5.69 Å². The zero-order valence-corrected chi connectivity index (χ0v) is 13.3. The molecule has 0 saturated carbocycles. The minimum Gasteiger partial charge on any atom is -0.476 e. The Morgan fingerprint density at radius 2 is 1.96 bits per heavy atom. The van der Waals surface area contributed by atoms with Gasteiger partial charge < -0.3 is 25.4 Å². The minimum absolute atomic E-state index is 0.0226. The number of ether oxygens (including phenoxy) is 1. The van der Waals surface area contributed by atoms with Crippen LogP contribution in [0.2, 0.25) is 0 Å². The molecule has 0 aliphatic carbocycles. The largest absolute Gasteiger partial charge is 0.476 e. The first-order valence-electron chi connectivity index (χ1n) is 6.96. The first-order chi connectivity index (χ1) is 11.5. The van der Waals surface area contributed by atoms with Crippen LogP contribution in [0.4, 0.5) is 4.79 Å². The average Bonchev–Trinajstić information content (AvgIpc) is 3.08. The summed E-state index contributed by atoms with van der Waals surface area (Å²) in [4.78, 5) is 26.2. The average molecular weight is 352 g/mol. The zero-order chi connectivity index (χ0) is 17.5. The summed E-state index contributed by atoms with van der Waals surface area (Å²) in [5.74, 6) is -1.30. The maximum atomic E-state index is 11.6. The molecule has 0 aliphatic heterocycles. The number of aromatic carboxylic acids is 1. The number of nitrogens with zero attached hydrogens (tertiary/aromatic N) is 1. The molecule has 0 radical (unpaired) electrons. The lowest BCUT2D eigenvalue weighted by Gasteiger charge is -2.17. The number of alkyl carbamates (subject to hydrolysis) is 1. The third-order valence-electron chi connectivity index (χ3n) is 3.10. The predicted octanol–water partition coefficient (Wildman–Crippen LogP) is 1.16. The lowest BCUT2D eigenvalue weighted by Crippen LogP contribution is -2.36. The fourth-order valence-electron chi connectivity index (χ4n) is 1.87. The fraction of sp³-hybridized carbons (Fsp3) is 0.267. The molecule has 1 aromatic carbocycles. The van der Waals surface area contributed by atoms with Crippen LogP contribution >= 0.6 is 11.3 Å². The van der Waals surface area contributed by atoms with Gasteiger partial charge in [0.25, 0.3) is 0 Å². The lowest BCUT2D eigenvalue weighted by atomic mass is 10.1. The maximum absolute atomic E-state index is 11.6. The van der Waals surface area contributed by atoms with Crippen LogP contribution in [0.25, 0.3) is 0 Å². The van der Waals surface area contributed by atoms with Crippen molar-refractivity contribution in [2.45, 2.75) is 18.8 Å². The van der Waals surface area contributed by atoms with E-state index in [1.165, 1.54) is 5.51 Å². The van der Waals surface area contributed by atoms with Crippen molar-refractivity contribution >= 4 is 23.4 Å². The van der Waals surface area contributed by atoms with Crippen LogP contribution in [0.1, 0.15) is 27.0 Å². The van der Waals surface area contributed by atoms with Gasteiger partial charge in [-0.1, -0.05) is 30.3 Å². The van der Waals surface area contributed by atoms with E-state index in [1.807, 2.05) is 18.2 Å². The summed E-state index contributed by atoms with van der Waals surface area (Å²) in [6, 6.07) is 9.05. The number of aliphatic hydroxyl groups is 2. The number of carboxylic acid groups (broad SMARTS) is 1. The van der Waals surface area contributed by atoms with Crippen molar-refractivity contribution in [2.75, 3.05) is 6.54 Å². The standard InChI is InChI=1S/C15H16N2O6S/c18-10(12(19)13-11(14(20)21)17-8-24-13)6-16-15(22)23-7-9-4-2-1-3-5-9/h1-5,8,10,12,18-19H,6-7H2,(H,16,22)(H,20,21). The highest BCUT2D eigenvalue weighted by Crippen LogP contribution is 2.24.